The van der Waals surface area contributed by atoms with Crippen LogP contribution in [0.3, 0.4) is 0 Å². The van der Waals surface area contributed by atoms with Gasteiger partial charge in [0.25, 0.3) is 0 Å². The quantitative estimate of drug-likeness (QED) is 0.942. The summed E-state index contributed by atoms with van der Waals surface area (Å²) >= 11 is 4.47. The summed E-state index contributed by atoms with van der Waals surface area (Å²) in [6, 6.07) is 5.08. The Morgan fingerprint density at radius 1 is 1.53 bits per heavy atom. The molecule has 0 fully saturated rings. The van der Waals surface area contributed by atoms with Crippen molar-refractivity contribution >= 4 is 27.5 Å². The summed E-state index contributed by atoms with van der Waals surface area (Å²) in [6.07, 6.45) is 1.67. The van der Waals surface area contributed by atoms with Gasteiger partial charge in [0.05, 0.1) is 21.6 Å². The molecule has 1 unspecified atom stereocenters. The Hall–Kier alpha value is -0.850. The molecule has 0 bridgehead atoms. The Morgan fingerprint density at radius 2 is 2.35 bits per heavy atom. The Kier molecular flexibility index (Phi) is 4.20. The molecule has 1 heterocycles. The van der Waals surface area contributed by atoms with Crippen LogP contribution in [0.2, 0.25) is 0 Å². The normalized spacial score (nSPS) is 12.6. The smallest absolute Gasteiger partial charge is 0.142 e. The van der Waals surface area contributed by atoms with Crippen LogP contribution >= 0.6 is 27.5 Å². The van der Waals surface area contributed by atoms with Crippen molar-refractivity contribution in [2.75, 3.05) is 6.54 Å². The number of rotatable bonds is 4. The summed E-state index contributed by atoms with van der Waals surface area (Å²) in [5.41, 5.74) is 0.604. The van der Waals surface area contributed by atoms with Gasteiger partial charge in [0.2, 0.25) is 0 Å². The van der Waals surface area contributed by atoms with Crippen LogP contribution < -0.4 is 5.32 Å². The van der Waals surface area contributed by atoms with Gasteiger partial charge in [0, 0.05) is 5.56 Å². The van der Waals surface area contributed by atoms with E-state index in [2.05, 4.69) is 30.8 Å². The van der Waals surface area contributed by atoms with E-state index in [4.69, 9.17) is 0 Å². The Balaban J connectivity index is 2.43. The second-order valence-corrected chi connectivity index (χ2v) is 5.13. The van der Waals surface area contributed by atoms with E-state index in [0.717, 1.165) is 11.4 Å². The minimum absolute atomic E-state index is 0.197. The first kappa shape index (κ1) is 12.6. The van der Waals surface area contributed by atoms with Crippen molar-refractivity contribution in [2.24, 2.45) is 0 Å². The topological polar surface area (TPSA) is 37.8 Å². The summed E-state index contributed by atoms with van der Waals surface area (Å²) in [4.78, 5) is 0.906. The maximum Gasteiger partial charge on any atom is 0.142 e. The third kappa shape index (κ3) is 2.70. The third-order valence-corrected chi connectivity index (χ3v) is 3.70. The molecule has 0 saturated heterocycles. The van der Waals surface area contributed by atoms with E-state index in [1.54, 1.807) is 18.3 Å². The molecule has 1 N–H and O–H groups in total. The number of aromatic nitrogens is 2. The SMILES string of the molecule is CCNC(c1cnns1)c1cccc(Br)c1F. The molecular formula is C11H11BrFN3S. The van der Waals surface area contributed by atoms with Gasteiger partial charge in [-0.05, 0) is 40.1 Å². The van der Waals surface area contributed by atoms with Crippen molar-refractivity contribution in [1.29, 1.82) is 0 Å². The molecule has 1 aromatic heterocycles. The highest BCUT2D eigenvalue weighted by Crippen LogP contribution is 2.29. The fraction of sp³-hybridized carbons (Fsp3) is 0.273. The van der Waals surface area contributed by atoms with Crippen LogP contribution in [-0.2, 0) is 0 Å². The van der Waals surface area contributed by atoms with Crippen LogP contribution in [0.15, 0.2) is 28.9 Å². The first-order chi connectivity index (χ1) is 8.24. The van der Waals surface area contributed by atoms with Crippen LogP contribution in [0.4, 0.5) is 4.39 Å². The fourth-order valence-electron chi connectivity index (χ4n) is 1.61. The van der Waals surface area contributed by atoms with Crippen LogP contribution in [-0.4, -0.2) is 16.1 Å². The summed E-state index contributed by atoms with van der Waals surface area (Å²) in [5.74, 6) is -0.244. The van der Waals surface area contributed by atoms with Crippen molar-refractivity contribution in [3.8, 4) is 0 Å². The minimum atomic E-state index is -0.244. The van der Waals surface area contributed by atoms with Crippen LogP contribution in [0, 0.1) is 5.82 Å². The van der Waals surface area contributed by atoms with Crippen LogP contribution in [0.1, 0.15) is 23.4 Å². The number of hydrogen-bond acceptors (Lipinski definition) is 4. The highest BCUT2D eigenvalue weighted by molar-refractivity contribution is 9.10. The van der Waals surface area contributed by atoms with Crippen molar-refractivity contribution < 1.29 is 4.39 Å². The standard InChI is InChI=1S/C11H11BrFN3S/c1-2-14-11(9-6-15-16-17-9)7-4-3-5-8(12)10(7)13/h3-6,11,14H,2H2,1H3. The first-order valence-electron chi connectivity index (χ1n) is 5.18. The second kappa shape index (κ2) is 5.66. The summed E-state index contributed by atoms with van der Waals surface area (Å²) in [5, 5.41) is 7.04. The molecule has 1 atom stereocenters. The first-order valence-corrected chi connectivity index (χ1v) is 6.75. The molecular weight excluding hydrogens is 305 g/mol. The number of hydrogen-bond donors (Lipinski definition) is 1. The average molecular weight is 316 g/mol. The predicted octanol–water partition coefficient (Wildman–Crippen LogP) is 3.14. The molecule has 3 nitrogen and oxygen atoms in total. The zero-order valence-corrected chi connectivity index (χ0v) is 11.6. The van der Waals surface area contributed by atoms with E-state index in [1.807, 2.05) is 13.0 Å². The maximum absolute atomic E-state index is 14.0. The molecule has 6 heteroatoms. The molecule has 0 spiro atoms. The lowest BCUT2D eigenvalue weighted by Gasteiger charge is -2.17. The lowest BCUT2D eigenvalue weighted by Crippen LogP contribution is -2.22. The van der Waals surface area contributed by atoms with Crippen LogP contribution in [0.25, 0.3) is 0 Å². The fourth-order valence-corrected chi connectivity index (χ4v) is 2.59. The number of halogens is 2. The molecule has 1 aromatic carbocycles. The molecule has 0 aliphatic heterocycles. The number of nitrogens with one attached hydrogen (secondary N) is 1. The van der Waals surface area contributed by atoms with Gasteiger partial charge in [-0.15, -0.1) is 5.10 Å². The van der Waals surface area contributed by atoms with Gasteiger partial charge >= 0.3 is 0 Å². The van der Waals surface area contributed by atoms with Gasteiger partial charge in [-0.1, -0.05) is 23.5 Å². The number of benzene rings is 1. The lowest BCUT2D eigenvalue weighted by molar-refractivity contribution is 0.558. The van der Waals surface area contributed by atoms with Crippen molar-refractivity contribution in [2.45, 2.75) is 13.0 Å². The van der Waals surface area contributed by atoms with Crippen LogP contribution in [0.5, 0.6) is 0 Å². The van der Waals surface area contributed by atoms with E-state index in [-0.39, 0.29) is 11.9 Å². The van der Waals surface area contributed by atoms with Gasteiger partial charge in [-0.3, -0.25) is 0 Å². The van der Waals surface area contributed by atoms with Gasteiger partial charge < -0.3 is 5.32 Å². The minimum Gasteiger partial charge on any atom is -0.306 e. The molecule has 0 radical (unpaired) electrons. The molecule has 0 amide bonds. The molecule has 17 heavy (non-hydrogen) atoms. The molecule has 2 rings (SSSR count). The van der Waals surface area contributed by atoms with Crippen molar-refractivity contribution in [1.82, 2.24) is 14.9 Å². The molecule has 0 aliphatic carbocycles. The molecule has 90 valence electrons. The highest BCUT2D eigenvalue weighted by Gasteiger charge is 2.20. The summed E-state index contributed by atoms with van der Waals surface area (Å²) in [6.45, 7) is 2.73. The summed E-state index contributed by atoms with van der Waals surface area (Å²) < 4.78 is 18.3. The summed E-state index contributed by atoms with van der Waals surface area (Å²) in [7, 11) is 0. The second-order valence-electron chi connectivity index (χ2n) is 3.45. The molecule has 0 aliphatic rings. The van der Waals surface area contributed by atoms with Crippen molar-refractivity contribution in [3.05, 3.63) is 45.1 Å². The highest BCUT2D eigenvalue weighted by atomic mass is 79.9. The Bertz CT molecular complexity index is 489. The number of nitrogens with zero attached hydrogens (tertiary/aromatic N) is 2. The van der Waals surface area contributed by atoms with E-state index in [1.165, 1.54) is 11.5 Å². The van der Waals surface area contributed by atoms with Gasteiger partial charge in [-0.2, -0.15) is 0 Å². The maximum atomic E-state index is 14.0. The predicted molar refractivity (Wildman–Crippen MR) is 69.5 cm³/mol. The van der Waals surface area contributed by atoms with Gasteiger partial charge in [0.15, 0.2) is 0 Å². The van der Waals surface area contributed by atoms with E-state index in [0.29, 0.717) is 10.0 Å². The third-order valence-electron chi connectivity index (χ3n) is 2.36. The molecule has 0 saturated carbocycles. The largest absolute Gasteiger partial charge is 0.306 e. The van der Waals surface area contributed by atoms with E-state index in [9.17, 15) is 4.39 Å². The van der Waals surface area contributed by atoms with E-state index < -0.39 is 0 Å². The Morgan fingerprint density at radius 3 is 3.00 bits per heavy atom. The van der Waals surface area contributed by atoms with Crippen molar-refractivity contribution in [3.63, 3.8) is 0 Å². The Labute approximate surface area is 111 Å². The molecule has 2 aromatic rings. The monoisotopic (exact) mass is 315 g/mol. The average Bonchev–Trinajstić information content (AvgIpc) is 2.84. The lowest BCUT2D eigenvalue weighted by atomic mass is 10.1. The zero-order valence-electron chi connectivity index (χ0n) is 9.15. The zero-order chi connectivity index (χ0) is 12.3. The van der Waals surface area contributed by atoms with E-state index >= 15 is 0 Å². The van der Waals surface area contributed by atoms with Gasteiger partial charge in [-0.25, -0.2) is 4.39 Å². The van der Waals surface area contributed by atoms with Gasteiger partial charge in [0.1, 0.15) is 5.82 Å².